The first-order chi connectivity index (χ1) is 10.1. The van der Waals surface area contributed by atoms with E-state index in [9.17, 15) is 9.59 Å². The van der Waals surface area contributed by atoms with Crippen LogP contribution in [0.3, 0.4) is 0 Å². The number of aliphatic carboxylic acids is 1. The first-order valence-electron chi connectivity index (χ1n) is 7.47. The van der Waals surface area contributed by atoms with Crippen LogP contribution in [-0.4, -0.2) is 23.1 Å². The molecule has 2 rings (SSSR count). The summed E-state index contributed by atoms with van der Waals surface area (Å²) in [5.74, 6) is -1.11. The number of hydrogen-bond acceptors (Lipinski definition) is 2. The molecule has 1 saturated carbocycles. The van der Waals surface area contributed by atoms with Crippen LogP contribution in [0, 0.1) is 5.92 Å². The highest BCUT2D eigenvalue weighted by atomic mass is 16.4. The van der Waals surface area contributed by atoms with Gasteiger partial charge in [0.2, 0.25) is 0 Å². The second-order valence-corrected chi connectivity index (χ2v) is 5.55. The second-order valence-electron chi connectivity index (χ2n) is 5.55. The van der Waals surface area contributed by atoms with E-state index in [4.69, 9.17) is 5.11 Å². The van der Waals surface area contributed by atoms with Gasteiger partial charge >= 0.3 is 12.0 Å². The number of nitrogens with one attached hydrogen (secondary N) is 2. The molecule has 5 heteroatoms. The molecule has 0 aromatic heterocycles. The second kappa shape index (κ2) is 7.11. The average Bonchev–Trinajstić information content (AvgIpc) is 2.48. The summed E-state index contributed by atoms with van der Waals surface area (Å²) >= 11 is 0. The molecule has 5 nitrogen and oxygen atoms in total. The fraction of sp³-hybridized carbons (Fsp3) is 0.500. The molecule has 2 unspecified atom stereocenters. The normalized spacial score (nSPS) is 21.6. The van der Waals surface area contributed by atoms with E-state index in [-0.39, 0.29) is 18.0 Å². The smallest absolute Gasteiger partial charge is 0.319 e. The summed E-state index contributed by atoms with van der Waals surface area (Å²) in [7, 11) is 0. The van der Waals surface area contributed by atoms with Gasteiger partial charge in [-0.25, -0.2) is 4.79 Å². The minimum atomic E-state index is -0.767. The van der Waals surface area contributed by atoms with E-state index >= 15 is 0 Å². The number of aryl methyl sites for hydroxylation is 1. The van der Waals surface area contributed by atoms with E-state index in [0.717, 1.165) is 24.9 Å². The van der Waals surface area contributed by atoms with Gasteiger partial charge < -0.3 is 15.7 Å². The Morgan fingerprint density at radius 2 is 1.95 bits per heavy atom. The number of urea groups is 1. The van der Waals surface area contributed by atoms with E-state index in [1.165, 1.54) is 5.56 Å². The van der Waals surface area contributed by atoms with Crippen LogP contribution in [-0.2, 0) is 11.2 Å². The Balaban J connectivity index is 1.84. The third-order valence-corrected chi connectivity index (χ3v) is 3.98. The van der Waals surface area contributed by atoms with E-state index < -0.39 is 5.97 Å². The van der Waals surface area contributed by atoms with Crippen LogP contribution < -0.4 is 10.6 Å². The number of anilines is 1. The van der Waals surface area contributed by atoms with E-state index in [1.54, 1.807) is 0 Å². The van der Waals surface area contributed by atoms with Gasteiger partial charge in [-0.2, -0.15) is 0 Å². The van der Waals surface area contributed by atoms with Crippen molar-refractivity contribution in [2.45, 2.75) is 45.1 Å². The van der Waals surface area contributed by atoms with Crippen LogP contribution in [0.5, 0.6) is 0 Å². The summed E-state index contributed by atoms with van der Waals surface area (Å²) in [5, 5.41) is 14.7. The predicted molar refractivity (Wildman–Crippen MR) is 81.4 cm³/mol. The molecule has 1 aromatic carbocycles. The largest absolute Gasteiger partial charge is 0.481 e. The molecular formula is C16H22N2O3. The molecule has 2 amide bonds. The summed E-state index contributed by atoms with van der Waals surface area (Å²) in [5.41, 5.74) is 1.97. The lowest BCUT2D eigenvalue weighted by Gasteiger charge is -2.27. The molecule has 0 bridgehead atoms. The molecule has 0 aliphatic heterocycles. The fourth-order valence-corrected chi connectivity index (χ4v) is 2.72. The lowest BCUT2D eigenvalue weighted by atomic mass is 9.86. The number of benzene rings is 1. The summed E-state index contributed by atoms with van der Waals surface area (Å²) in [6, 6.07) is 7.39. The third kappa shape index (κ3) is 4.48. The monoisotopic (exact) mass is 290 g/mol. The maximum Gasteiger partial charge on any atom is 0.319 e. The number of hydrogen-bond donors (Lipinski definition) is 3. The highest BCUT2D eigenvalue weighted by Crippen LogP contribution is 2.24. The minimum absolute atomic E-state index is 0.0604. The molecule has 0 heterocycles. The van der Waals surface area contributed by atoms with Crippen LogP contribution in [0.15, 0.2) is 24.3 Å². The van der Waals surface area contributed by atoms with Crippen LogP contribution in [0.1, 0.15) is 38.2 Å². The molecule has 0 spiro atoms. The highest BCUT2D eigenvalue weighted by molar-refractivity contribution is 5.89. The summed E-state index contributed by atoms with van der Waals surface area (Å²) in [4.78, 5) is 23.0. The molecule has 0 saturated heterocycles. The van der Waals surface area contributed by atoms with Gasteiger partial charge in [-0.3, -0.25) is 4.79 Å². The van der Waals surface area contributed by atoms with Gasteiger partial charge in [-0.15, -0.1) is 0 Å². The Hall–Kier alpha value is -2.04. The first-order valence-corrected chi connectivity index (χ1v) is 7.47. The van der Waals surface area contributed by atoms with Crippen LogP contribution in [0.4, 0.5) is 10.5 Å². The quantitative estimate of drug-likeness (QED) is 0.797. The highest BCUT2D eigenvalue weighted by Gasteiger charge is 2.27. The lowest BCUT2D eigenvalue weighted by molar-refractivity contribution is -0.143. The Bertz CT molecular complexity index is 499. The standard InChI is InChI=1S/C16H22N2O3/c1-2-11-6-8-13(9-7-11)17-16(21)18-14-5-3-4-12(10-14)15(19)20/h6-9,12,14H,2-5,10H2,1H3,(H,19,20)(H2,17,18,21). The van der Waals surface area contributed by atoms with Gasteiger partial charge in [0.1, 0.15) is 0 Å². The van der Waals surface area contributed by atoms with Crippen LogP contribution >= 0.6 is 0 Å². The summed E-state index contributed by atoms with van der Waals surface area (Å²) < 4.78 is 0. The molecule has 1 fully saturated rings. The van der Waals surface area contributed by atoms with Crippen molar-refractivity contribution in [3.8, 4) is 0 Å². The Labute approximate surface area is 124 Å². The van der Waals surface area contributed by atoms with Gasteiger partial charge in [0.25, 0.3) is 0 Å². The Kier molecular flexibility index (Phi) is 5.20. The van der Waals surface area contributed by atoms with Crippen molar-refractivity contribution in [1.29, 1.82) is 0 Å². The number of carbonyl (C=O) groups excluding carboxylic acids is 1. The van der Waals surface area contributed by atoms with Crippen molar-refractivity contribution in [3.63, 3.8) is 0 Å². The molecule has 1 aliphatic carbocycles. The van der Waals surface area contributed by atoms with Gasteiger partial charge in [0.05, 0.1) is 5.92 Å². The molecule has 2 atom stereocenters. The number of carbonyl (C=O) groups is 2. The van der Waals surface area contributed by atoms with Crippen molar-refractivity contribution in [3.05, 3.63) is 29.8 Å². The summed E-state index contributed by atoms with van der Waals surface area (Å²) in [6.07, 6.45) is 3.86. The zero-order valence-electron chi connectivity index (χ0n) is 12.3. The van der Waals surface area contributed by atoms with Gasteiger partial charge in [0, 0.05) is 11.7 Å². The maximum absolute atomic E-state index is 11.9. The van der Waals surface area contributed by atoms with Crippen molar-refractivity contribution < 1.29 is 14.7 Å². The minimum Gasteiger partial charge on any atom is -0.481 e. The third-order valence-electron chi connectivity index (χ3n) is 3.98. The molecular weight excluding hydrogens is 268 g/mol. The zero-order chi connectivity index (χ0) is 15.2. The SMILES string of the molecule is CCc1ccc(NC(=O)NC2CCCC(C(=O)O)C2)cc1. The molecule has 0 radical (unpaired) electrons. The van der Waals surface area contributed by atoms with E-state index in [1.807, 2.05) is 24.3 Å². The predicted octanol–water partition coefficient (Wildman–Crippen LogP) is 3.01. The van der Waals surface area contributed by atoms with Crippen LogP contribution in [0.25, 0.3) is 0 Å². The zero-order valence-corrected chi connectivity index (χ0v) is 12.3. The lowest BCUT2D eigenvalue weighted by Crippen LogP contribution is -2.42. The Morgan fingerprint density at radius 1 is 1.24 bits per heavy atom. The van der Waals surface area contributed by atoms with Gasteiger partial charge in [-0.05, 0) is 43.4 Å². The number of carboxylic acids is 1. The molecule has 3 N–H and O–H groups in total. The van der Waals surface area contributed by atoms with Crippen molar-refractivity contribution in [1.82, 2.24) is 5.32 Å². The van der Waals surface area contributed by atoms with E-state index in [2.05, 4.69) is 17.6 Å². The number of amides is 2. The first kappa shape index (κ1) is 15.4. The Morgan fingerprint density at radius 3 is 2.57 bits per heavy atom. The molecule has 21 heavy (non-hydrogen) atoms. The number of rotatable bonds is 4. The summed E-state index contributed by atoms with van der Waals surface area (Å²) in [6.45, 7) is 2.08. The van der Waals surface area contributed by atoms with Gasteiger partial charge in [0.15, 0.2) is 0 Å². The van der Waals surface area contributed by atoms with E-state index in [0.29, 0.717) is 12.8 Å². The molecule has 1 aromatic rings. The molecule has 114 valence electrons. The van der Waals surface area contributed by atoms with Gasteiger partial charge in [-0.1, -0.05) is 25.5 Å². The fourth-order valence-electron chi connectivity index (χ4n) is 2.72. The van der Waals surface area contributed by atoms with Crippen LogP contribution in [0.2, 0.25) is 0 Å². The van der Waals surface area contributed by atoms with Crippen molar-refractivity contribution in [2.75, 3.05) is 5.32 Å². The van der Waals surface area contributed by atoms with Crippen molar-refractivity contribution >= 4 is 17.7 Å². The maximum atomic E-state index is 11.9. The average molecular weight is 290 g/mol. The number of carboxylic acid groups (broad SMARTS) is 1. The topological polar surface area (TPSA) is 78.4 Å². The van der Waals surface area contributed by atoms with Crippen molar-refractivity contribution in [2.24, 2.45) is 5.92 Å². The molecule has 1 aliphatic rings.